The Bertz CT molecular complexity index is 375. The van der Waals surface area contributed by atoms with Gasteiger partial charge in [-0.15, -0.1) is 0 Å². The third-order valence-electron chi connectivity index (χ3n) is 1.39. The SMILES string of the molecule is CC(C)=O.O=C1CSc2ncccc2N1. The molecule has 0 saturated heterocycles. The first-order valence-electron chi connectivity index (χ1n) is 4.44. The molecule has 2 heterocycles. The van der Waals surface area contributed by atoms with Crippen LogP contribution >= 0.6 is 11.8 Å². The van der Waals surface area contributed by atoms with E-state index in [2.05, 4.69) is 10.3 Å². The number of amides is 1. The summed E-state index contributed by atoms with van der Waals surface area (Å²) in [5, 5.41) is 3.65. The van der Waals surface area contributed by atoms with E-state index in [1.54, 1.807) is 6.20 Å². The van der Waals surface area contributed by atoms with Crippen molar-refractivity contribution in [3.05, 3.63) is 18.3 Å². The summed E-state index contributed by atoms with van der Waals surface area (Å²) < 4.78 is 0. The van der Waals surface area contributed by atoms with Crippen molar-refractivity contribution in [2.24, 2.45) is 0 Å². The Morgan fingerprint density at radius 3 is 2.87 bits per heavy atom. The number of Topliss-reactive ketones (excluding diaryl/α,β-unsaturated/α-hetero) is 1. The number of thioether (sulfide) groups is 1. The summed E-state index contributed by atoms with van der Waals surface area (Å²) in [4.78, 5) is 24.4. The Morgan fingerprint density at radius 1 is 1.53 bits per heavy atom. The molecule has 1 aliphatic rings. The van der Waals surface area contributed by atoms with Crippen LogP contribution in [-0.2, 0) is 9.59 Å². The maximum absolute atomic E-state index is 10.9. The topological polar surface area (TPSA) is 59.1 Å². The fourth-order valence-electron chi connectivity index (χ4n) is 0.921. The lowest BCUT2D eigenvalue weighted by atomic mass is 10.4. The van der Waals surface area contributed by atoms with Crippen LogP contribution in [0.5, 0.6) is 0 Å². The monoisotopic (exact) mass is 224 g/mol. The quantitative estimate of drug-likeness (QED) is 0.729. The van der Waals surface area contributed by atoms with E-state index in [1.807, 2.05) is 12.1 Å². The molecule has 0 radical (unpaired) electrons. The van der Waals surface area contributed by atoms with Crippen LogP contribution < -0.4 is 5.32 Å². The van der Waals surface area contributed by atoms with Gasteiger partial charge in [-0.3, -0.25) is 4.79 Å². The van der Waals surface area contributed by atoms with Crippen LogP contribution in [0, 0.1) is 0 Å². The van der Waals surface area contributed by atoms with Crippen LogP contribution in [-0.4, -0.2) is 22.4 Å². The number of ketones is 1. The average molecular weight is 224 g/mol. The second-order valence-electron chi connectivity index (χ2n) is 3.10. The Morgan fingerprint density at radius 2 is 2.20 bits per heavy atom. The first kappa shape index (κ1) is 11.7. The largest absolute Gasteiger partial charge is 0.323 e. The minimum atomic E-state index is 0.0514. The summed E-state index contributed by atoms with van der Waals surface area (Å²) in [6.45, 7) is 3.06. The zero-order valence-corrected chi connectivity index (χ0v) is 9.43. The van der Waals surface area contributed by atoms with Crippen molar-refractivity contribution in [1.82, 2.24) is 4.98 Å². The summed E-state index contributed by atoms with van der Waals surface area (Å²) in [6.07, 6.45) is 1.73. The van der Waals surface area contributed by atoms with E-state index in [4.69, 9.17) is 0 Å². The molecule has 0 fully saturated rings. The molecule has 0 aliphatic carbocycles. The highest BCUT2D eigenvalue weighted by molar-refractivity contribution is 8.00. The molecule has 15 heavy (non-hydrogen) atoms. The second kappa shape index (κ2) is 5.50. The highest BCUT2D eigenvalue weighted by atomic mass is 32.2. The van der Waals surface area contributed by atoms with E-state index in [9.17, 15) is 9.59 Å². The third kappa shape index (κ3) is 4.12. The maximum Gasteiger partial charge on any atom is 0.234 e. The average Bonchev–Trinajstić information content (AvgIpc) is 2.16. The zero-order valence-electron chi connectivity index (χ0n) is 8.61. The lowest BCUT2D eigenvalue weighted by molar-refractivity contribution is -0.115. The number of aromatic nitrogens is 1. The van der Waals surface area contributed by atoms with E-state index >= 15 is 0 Å². The van der Waals surface area contributed by atoms with E-state index in [1.165, 1.54) is 25.6 Å². The summed E-state index contributed by atoms with van der Waals surface area (Å²) in [5.41, 5.74) is 0.828. The number of rotatable bonds is 0. The molecule has 0 atom stereocenters. The fraction of sp³-hybridized carbons (Fsp3) is 0.300. The lowest BCUT2D eigenvalue weighted by Gasteiger charge is -2.13. The number of carbonyl (C=O) groups is 2. The summed E-state index contributed by atoms with van der Waals surface area (Å²) in [6, 6.07) is 3.66. The molecule has 1 amide bonds. The van der Waals surface area contributed by atoms with Gasteiger partial charge in [0.05, 0.1) is 11.4 Å². The molecule has 2 rings (SSSR count). The van der Waals surface area contributed by atoms with Gasteiger partial charge < -0.3 is 10.1 Å². The molecule has 0 spiro atoms. The van der Waals surface area contributed by atoms with Crippen molar-refractivity contribution in [2.45, 2.75) is 18.9 Å². The normalized spacial score (nSPS) is 13.1. The first-order valence-corrected chi connectivity index (χ1v) is 5.43. The van der Waals surface area contributed by atoms with Gasteiger partial charge in [0.2, 0.25) is 5.91 Å². The number of pyridine rings is 1. The molecule has 1 aromatic rings. The zero-order chi connectivity index (χ0) is 11.3. The van der Waals surface area contributed by atoms with Crippen LogP contribution in [0.2, 0.25) is 0 Å². The van der Waals surface area contributed by atoms with Gasteiger partial charge >= 0.3 is 0 Å². The number of nitrogens with zero attached hydrogens (tertiary/aromatic N) is 1. The molecule has 0 saturated carbocycles. The number of carbonyl (C=O) groups excluding carboxylic acids is 2. The molecular weight excluding hydrogens is 212 g/mol. The van der Waals surface area contributed by atoms with Gasteiger partial charge in [0.25, 0.3) is 0 Å². The van der Waals surface area contributed by atoms with Gasteiger partial charge in [-0.1, -0.05) is 11.8 Å². The molecule has 1 N–H and O–H groups in total. The Balaban J connectivity index is 0.000000245. The minimum Gasteiger partial charge on any atom is -0.323 e. The highest BCUT2D eigenvalue weighted by Crippen LogP contribution is 2.27. The van der Waals surface area contributed by atoms with Crippen molar-refractivity contribution in [3.8, 4) is 0 Å². The summed E-state index contributed by atoms with van der Waals surface area (Å²) in [5.74, 6) is 0.694. The van der Waals surface area contributed by atoms with E-state index in [0.717, 1.165) is 10.7 Å². The lowest BCUT2D eigenvalue weighted by Crippen LogP contribution is -2.18. The summed E-state index contributed by atoms with van der Waals surface area (Å²) in [7, 11) is 0. The standard InChI is InChI=1S/C7H6N2OS.C3H6O/c10-6-4-11-7-5(9-6)2-1-3-8-7;1-3(2)4/h1-3H,4H2,(H,9,10);1-2H3. The number of hydrogen-bond donors (Lipinski definition) is 1. The highest BCUT2D eigenvalue weighted by Gasteiger charge is 2.14. The molecule has 80 valence electrons. The van der Waals surface area contributed by atoms with Crippen LogP contribution in [0.3, 0.4) is 0 Å². The molecular formula is C10H12N2O2S. The predicted molar refractivity (Wildman–Crippen MR) is 59.9 cm³/mol. The minimum absolute atomic E-state index is 0.0514. The second-order valence-corrected chi connectivity index (χ2v) is 4.07. The molecule has 5 heteroatoms. The Hall–Kier alpha value is -1.36. The van der Waals surface area contributed by atoms with Crippen LogP contribution in [0.4, 0.5) is 5.69 Å². The molecule has 0 bridgehead atoms. The van der Waals surface area contributed by atoms with Crippen molar-refractivity contribution < 1.29 is 9.59 Å². The number of fused-ring (bicyclic) bond motifs is 1. The molecule has 1 aliphatic heterocycles. The van der Waals surface area contributed by atoms with Gasteiger partial charge in [0.1, 0.15) is 10.8 Å². The molecule has 4 nitrogen and oxygen atoms in total. The van der Waals surface area contributed by atoms with Crippen LogP contribution in [0.15, 0.2) is 23.4 Å². The third-order valence-corrected chi connectivity index (χ3v) is 2.39. The Kier molecular flexibility index (Phi) is 4.30. The maximum atomic E-state index is 10.9. The Labute approximate surface area is 92.5 Å². The van der Waals surface area contributed by atoms with Gasteiger partial charge in [-0.05, 0) is 26.0 Å². The van der Waals surface area contributed by atoms with Crippen molar-refractivity contribution in [2.75, 3.05) is 11.1 Å². The van der Waals surface area contributed by atoms with Gasteiger partial charge in [-0.25, -0.2) is 4.98 Å². The van der Waals surface area contributed by atoms with Crippen LogP contribution in [0.25, 0.3) is 0 Å². The van der Waals surface area contributed by atoms with Crippen molar-refractivity contribution in [3.63, 3.8) is 0 Å². The molecule has 0 aromatic carbocycles. The van der Waals surface area contributed by atoms with E-state index < -0.39 is 0 Å². The molecule has 0 unspecified atom stereocenters. The number of anilines is 1. The van der Waals surface area contributed by atoms with Crippen molar-refractivity contribution in [1.29, 1.82) is 0 Å². The number of nitrogens with one attached hydrogen (secondary N) is 1. The van der Waals surface area contributed by atoms with Crippen molar-refractivity contribution >= 4 is 29.1 Å². The molecule has 1 aromatic heterocycles. The van der Waals surface area contributed by atoms with Gasteiger partial charge in [0.15, 0.2) is 0 Å². The van der Waals surface area contributed by atoms with Gasteiger partial charge in [-0.2, -0.15) is 0 Å². The first-order chi connectivity index (χ1) is 7.09. The van der Waals surface area contributed by atoms with Gasteiger partial charge in [0, 0.05) is 6.20 Å². The number of hydrogen-bond acceptors (Lipinski definition) is 4. The summed E-state index contributed by atoms with van der Waals surface area (Å²) >= 11 is 1.47. The smallest absolute Gasteiger partial charge is 0.234 e. The fourth-order valence-corrected chi connectivity index (χ4v) is 1.67. The van der Waals surface area contributed by atoms with E-state index in [-0.39, 0.29) is 11.7 Å². The van der Waals surface area contributed by atoms with E-state index in [0.29, 0.717) is 5.75 Å². The van der Waals surface area contributed by atoms with Crippen LogP contribution in [0.1, 0.15) is 13.8 Å². The predicted octanol–water partition coefficient (Wildman–Crippen LogP) is 1.72.